The third-order valence-electron chi connectivity index (χ3n) is 2.91. The topological polar surface area (TPSA) is 151 Å². The largest absolute Gasteiger partial charge is 0.748 e. The second-order valence-corrected chi connectivity index (χ2v) is 8.46. The van der Waals surface area contributed by atoms with Gasteiger partial charge in [-0.3, -0.25) is 0 Å². The fourth-order valence-corrected chi connectivity index (χ4v) is 2.86. The number of aryl methyl sites for hydroxylation is 1. The minimum Gasteiger partial charge on any atom is -0.748 e. The molecule has 0 aliphatic rings. The van der Waals surface area contributed by atoms with Gasteiger partial charge in [-0.2, -0.15) is 0 Å². The van der Waals surface area contributed by atoms with Gasteiger partial charge in [-0.15, -0.1) is 0 Å². The zero-order chi connectivity index (χ0) is 20.8. The highest BCUT2D eigenvalue weighted by Gasteiger charge is 1.99. The second-order valence-electron chi connectivity index (χ2n) is 5.41. The second kappa shape index (κ2) is 14.0. The van der Waals surface area contributed by atoms with E-state index in [1.807, 2.05) is 30.3 Å². The number of methoxy groups -OCH3 is 1. The average Bonchev–Trinajstić information content (AvgIpc) is 2.93. The Bertz CT molecular complexity index is 670. The number of aromatic nitrogens is 2. The predicted octanol–water partition coefficient (Wildman–Crippen LogP) is -1.54. The molecule has 1 aromatic heterocycles. The van der Waals surface area contributed by atoms with Crippen molar-refractivity contribution in [3.63, 3.8) is 0 Å². The normalized spacial score (nSPS) is 11.9. The van der Waals surface area contributed by atoms with Crippen molar-refractivity contribution in [2.75, 3.05) is 51.6 Å². The van der Waals surface area contributed by atoms with Crippen molar-refractivity contribution in [1.82, 2.24) is 4.57 Å². The standard InChI is InChI=1S/C11H21N2O3.C3H8O6S2/c1-12-3-4-13(11-12)5-6-15-9-10-16-8-7-14-2;4-10(5,6)2-1-3-11(7,8)9/h3-4,11H,5-10H2,1-2H3;1-3H2,(H,4,5,6)(H,7,8,9)/q+1;/p-2. The van der Waals surface area contributed by atoms with Gasteiger partial charge in [-0.25, -0.2) is 26.0 Å². The molecule has 1 rings (SSSR count). The van der Waals surface area contributed by atoms with Crippen LogP contribution in [0.3, 0.4) is 0 Å². The molecule has 0 unspecified atom stereocenters. The quantitative estimate of drug-likeness (QED) is 0.205. The summed E-state index contributed by atoms with van der Waals surface area (Å²) in [7, 11) is -5.14. The van der Waals surface area contributed by atoms with Crippen molar-refractivity contribution in [3.8, 4) is 0 Å². The van der Waals surface area contributed by atoms with Crippen LogP contribution in [-0.4, -0.2) is 82.2 Å². The van der Waals surface area contributed by atoms with Crippen LogP contribution in [0, 0.1) is 0 Å². The lowest BCUT2D eigenvalue weighted by Crippen LogP contribution is -2.24. The van der Waals surface area contributed by atoms with E-state index in [-0.39, 0.29) is 0 Å². The SMILES string of the molecule is COCCOCCOCCn1cc[n+](C)c1.O=S(=O)([O-])CCCS(=O)(=O)[O-]. The van der Waals surface area contributed by atoms with E-state index in [0.717, 1.165) is 6.54 Å². The van der Waals surface area contributed by atoms with E-state index in [1.54, 1.807) is 7.11 Å². The van der Waals surface area contributed by atoms with Gasteiger partial charge in [0.15, 0.2) is 0 Å². The number of imidazole rings is 1. The molecule has 0 saturated carbocycles. The molecule has 27 heavy (non-hydrogen) atoms. The van der Waals surface area contributed by atoms with Gasteiger partial charge in [-0.05, 0) is 6.42 Å². The molecular formula is C14H27N2O9S2-. The number of rotatable bonds is 13. The molecule has 0 radical (unpaired) electrons. The lowest BCUT2D eigenvalue weighted by atomic mass is 10.6. The third-order valence-corrected chi connectivity index (χ3v) is 4.49. The van der Waals surface area contributed by atoms with Gasteiger partial charge in [0, 0.05) is 18.6 Å². The Morgan fingerprint density at radius 1 is 0.926 bits per heavy atom. The molecule has 0 saturated heterocycles. The van der Waals surface area contributed by atoms with Crippen LogP contribution in [0.25, 0.3) is 0 Å². The van der Waals surface area contributed by atoms with Gasteiger partial charge in [0.25, 0.3) is 0 Å². The van der Waals surface area contributed by atoms with Crippen LogP contribution in [0.5, 0.6) is 0 Å². The van der Waals surface area contributed by atoms with E-state index in [2.05, 4.69) is 4.57 Å². The Hall–Kier alpha value is -1.09. The first-order chi connectivity index (χ1) is 12.5. The monoisotopic (exact) mass is 431 g/mol. The molecular weight excluding hydrogens is 404 g/mol. The van der Waals surface area contributed by atoms with E-state index < -0.39 is 38.2 Å². The van der Waals surface area contributed by atoms with Crippen molar-refractivity contribution in [1.29, 1.82) is 0 Å². The summed E-state index contributed by atoms with van der Waals surface area (Å²) in [6.45, 7) is 4.12. The predicted molar refractivity (Wildman–Crippen MR) is 92.9 cm³/mol. The fraction of sp³-hybridized carbons (Fsp3) is 0.786. The summed E-state index contributed by atoms with van der Waals surface area (Å²) in [5.74, 6) is -1.62. The van der Waals surface area contributed by atoms with Gasteiger partial charge in [0.1, 0.15) is 18.9 Å². The Kier molecular flexibility index (Phi) is 13.4. The molecule has 11 nitrogen and oxygen atoms in total. The van der Waals surface area contributed by atoms with E-state index in [4.69, 9.17) is 14.2 Å². The maximum absolute atomic E-state index is 9.86. The molecule has 0 fully saturated rings. The molecule has 0 N–H and O–H groups in total. The first-order valence-corrected chi connectivity index (χ1v) is 11.2. The minimum absolute atomic E-state index is 0.433. The van der Waals surface area contributed by atoms with Crippen molar-refractivity contribution >= 4 is 20.2 Å². The highest BCUT2D eigenvalue weighted by molar-refractivity contribution is 7.86. The summed E-state index contributed by atoms with van der Waals surface area (Å²) in [6.07, 6.45) is 5.63. The molecule has 0 spiro atoms. The lowest BCUT2D eigenvalue weighted by molar-refractivity contribution is -0.671. The summed E-state index contributed by atoms with van der Waals surface area (Å²) in [5, 5.41) is 0. The summed E-state index contributed by atoms with van der Waals surface area (Å²) >= 11 is 0. The van der Waals surface area contributed by atoms with Gasteiger partial charge < -0.3 is 23.3 Å². The van der Waals surface area contributed by atoms with Crippen molar-refractivity contribution in [2.24, 2.45) is 7.05 Å². The Balaban J connectivity index is 0.000000541. The van der Waals surface area contributed by atoms with Gasteiger partial charge in [0.2, 0.25) is 6.33 Å². The zero-order valence-corrected chi connectivity index (χ0v) is 17.1. The first kappa shape index (κ1) is 25.9. The van der Waals surface area contributed by atoms with E-state index in [0.29, 0.717) is 33.0 Å². The van der Waals surface area contributed by atoms with Crippen molar-refractivity contribution in [2.45, 2.75) is 13.0 Å². The van der Waals surface area contributed by atoms with E-state index in [1.165, 1.54) is 0 Å². The number of ether oxygens (including phenoxy) is 3. The summed E-state index contributed by atoms with van der Waals surface area (Å²) < 4.78 is 78.8. The maximum atomic E-state index is 9.86. The Labute approximate surface area is 160 Å². The Morgan fingerprint density at radius 2 is 1.44 bits per heavy atom. The molecule has 0 aliphatic heterocycles. The highest BCUT2D eigenvalue weighted by Crippen LogP contribution is 1.92. The molecule has 0 bridgehead atoms. The fourth-order valence-electron chi connectivity index (χ4n) is 1.68. The van der Waals surface area contributed by atoms with Crippen LogP contribution in [0.1, 0.15) is 6.42 Å². The molecule has 1 heterocycles. The van der Waals surface area contributed by atoms with Crippen LogP contribution in [0.2, 0.25) is 0 Å². The number of hydrogen-bond acceptors (Lipinski definition) is 9. The smallest absolute Gasteiger partial charge is 0.243 e. The summed E-state index contributed by atoms with van der Waals surface area (Å²) in [5.41, 5.74) is 0. The molecule has 160 valence electrons. The lowest BCUT2D eigenvalue weighted by Gasteiger charge is -2.08. The summed E-state index contributed by atoms with van der Waals surface area (Å²) in [6, 6.07) is 0. The zero-order valence-electron chi connectivity index (χ0n) is 15.5. The van der Waals surface area contributed by atoms with Gasteiger partial charge in [-0.1, -0.05) is 0 Å². The third kappa shape index (κ3) is 19.5. The van der Waals surface area contributed by atoms with Crippen molar-refractivity contribution < 1.29 is 44.7 Å². The van der Waals surface area contributed by atoms with Crippen LogP contribution >= 0.6 is 0 Å². The molecule has 0 amide bonds. The van der Waals surface area contributed by atoms with Crippen LogP contribution in [-0.2, 0) is 48.0 Å². The van der Waals surface area contributed by atoms with Gasteiger partial charge >= 0.3 is 0 Å². The van der Waals surface area contributed by atoms with Crippen LogP contribution < -0.4 is 4.57 Å². The molecule has 0 aromatic carbocycles. The Morgan fingerprint density at radius 3 is 1.89 bits per heavy atom. The van der Waals surface area contributed by atoms with Crippen LogP contribution in [0.4, 0.5) is 0 Å². The van der Waals surface area contributed by atoms with Crippen LogP contribution in [0.15, 0.2) is 18.7 Å². The number of hydrogen-bond donors (Lipinski definition) is 0. The molecule has 0 atom stereocenters. The summed E-state index contributed by atoms with van der Waals surface area (Å²) in [4.78, 5) is 0. The minimum atomic E-state index is -4.40. The highest BCUT2D eigenvalue weighted by atomic mass is 32.2. The van der Waals surface area contributed by atoms with E-state index in [9.17, 15) is 25.9 Å². The average molecular weight is 432 g/mol. The van der Waals surface area contributed by atoms with E-state index >= 15 is 0 Å². The maximum Gasteiger partial charge on any atom is 0.243 e. The first-order valence-electron chi connectivity index (χ1n) is 8.06. The molecule has 1 aromatic rings. The molecule has 0 aliphatic carbocycles. The van der Waals surface area contributed by atoms with Crippen molar-refractivity contribution in [3.05, 3.63) is 18.7 Å². The van der Waals surface area contributed by atoms with Gasteiger partial charge in [0.05, 0.1) is 60.3 Å². The number of nitrogens with zero attached hydrogens (tertiary/aromatic N) is 2. The molecule has 13 heteroatoms.